The zero-order valence-corrected chi connectivity index (χ0v) is 10.4. The summed E-state index contributed by atoms with van der Waals surface area (Å²) in [5.41, 5.74) is 0.840. The molecule has 3 nitrogen and oxygen atoms in total. The molecule has 1 atom stereocenters. The van der Waals surface area contributed by atoms with Crippen molar-refractivity contribution in [3.63, 3.8) is 0 Å². The highest BCUT2D eigenvalue weighted by Crippen LogP contribution is 2.21. The molecule has 2 rings (SSSR count). The number of hydrogen-bond donors (Lipinski definition) is 1. The largest absolute Gasteiger partial charge is 0.396 e. The van der Waals surface area contributed by atoms with E-state index in [4.69, 9.17) is 0 Å². The monoisotopic (exact) mass is 248 g/mol. The van der Waals surface area contributed by atoms with Crippen LogP contribution in [0.5, 0.6) is 0 Å². The predicted molar refractivity (Wildman–Crippen MR) is 67.8 cm³/mol. The average molecular weight is 248 g/mol. The fourth-order valence-electron chi connectivity index (χ4n) is 2.06. The van der Waals surface area contributed by atoms with E-state index in [9.17, 15) is 9.50 Å². The second kappa shape index (κ2) is 5.78. The number of benzene rings is 1. The number of rotatable bonds is 5. The van der Waals surface area contributed by atoms with Crippen molar-refractivity contribution in [2.24, 2.45) is 7.05 Å². The fourth-order valence-corrected chi connectivity index (χ4v) is 2.06. The molecule has 0 bridgehead atoms. The van der Waals surface area contributed by atoms with Crippen LogP contribution in [0.1, 0.15) is 23.7 Å². The average Bonchev–Trinajstić information content (AvgIpc) is 2.76. The number of nitrogens with zero attached hydrogens (tertiary/aromatic N) is 2. The summed E-state index contributed by atoms with van der Waals surface area (Å²) in [6, 6.07) is 6.42. The van der Waals surface area contributed by atoms with Crippen molar-refractivity contribution in [1.82, 2.24) is 9.55 Å². The SMILES string of the molecule is Cn1ccnc1CCC(CO)c1cccc(F)c1. The molecule has 2 aromatic rings. The molecule has 96 valence electrons. The van der Waals surface area contributed by atoms with Crippen LogP contribution in [0.3, 0.4) is 0 Å². The van der Waals surface area contributed by atoms with E-state index < -0.39 is 0 Å². The summed E-state index contributed by atoms with van der Waals surface area (Å²) in [6.07, 6.45) is 5.17. The van der Waals surface area contributed by atoms with Crippen LogP contribution in [0.2, 0.25) is 0 Å². The molecule has 1 aromatic carbocycles. The number of hydrogen-bond acceptors (Lipinski definition) is 2. The molecular formula is C14H17FN2O. The molecule has 0 amide bonds. The molecule has 1 aromatic heterocycles. The van der Waals surface area contributed by atoms with Crippen LogP contribution >= 0.6 is 0 Å². The Hall–Kier alpha value is -1.68. The van der Waals surface area contributed by atoms with Gasteiger partial charge in [-0.05, 0) is 24.1 Å². The third-order valence-electron chi connectivity index (χ3n) is 3.18. The maximum Gasteiger partial charge on any atom is 0.123 e. The van der Waals surface area contributed by atoms with Crippen LogP contribution in [0.25, 0.3) is 0 Å². The van der Waals surface area contributed by atoms with Crippen molar-refractivity contribution in [2.45, 2.75) is 18.8 Å². The Kier molecular flexibility index (Phi) is 4.10. The Morgan fingerprint density at radius 2 is 2.28 bits per heavy atom. The smallest absolute Gasteiger partial charge is 0.123 e. The summed E-state index contributed by atoms with van der Waals surface area (Å²) >= 11 is 0. The Morgan fingerprint density at radius 3 is 2.89 bits per heavy atom. The standard InChI is InChI=1S/C14H17FN2O/c1-17-8-7-16-14(17)6-5-12(10-18)11-3-2-4-13(15)9-11/h2-4,7-9,12,18H,5-6,10H2,1H3. The van der Waals surface area contributed by atoms with E-state index in [1.807, 2.05) is 23.9 Å². The lowest BCUT2D eigenvalue weighted by Gasteiger charge is -2.14. The lowest BCUT2D eigenvalue weighted by Crippen LogP contribution is -2.08. The van der Waals surface area contributed by atoms with Crippen LogP contribution in [0, 0.1) is 5.82 Å². The van der Waals surface area contributed by atoms with E-state index in [0.717, 1.165) is 24.2 Å². The van der Waals surface area contributed by atoms with Crippen molar-refractivity contribution in [2.75, 3.05) is 6.61 Å². The van der Waals surface area contributed by atoms with Gasteiger partial charge in [0.05, 0.1) is 0 Å². The minimum absolute atomic E-state index is 0.0217. The van der Waals surface area contributed by atoms with Crippen molar-refractivity contribution < 1.29 is 9.50 Å². The van der Waals surface area contributed by atoms with Gasteiger partial charge in [0.25, 0.3) is 0 Å². The summed E-state index contributed by atoms with van der Waals surface area (Å²) < 4.78 is 15.1. The zero-order chi connectivity index (χ0) is 13.0. The lowest BCUT2D eigenvalue weighted by atomic mass is 9.95. The molecule has 0 radical (unpaired) electrons. The molecule has 0 spiro atoms. The molecule has 0 saturated heterocycles. The Morgan fingerprint density at radius 1 is 1.44 bits per heavy atom. The molecule has 1 unspecified atom stereocenters. The molecule has 0 aliphatic carbocycles. The Balaban J connectivity index is 2.04. The van der Waals surface area contributed by atoms with Gasteiger partial charge < -0.3 is 9.67 Å². The summed E-state index contributed by atoms with van der Waals surface area (Å²) in [7, 11) is 1.94. The molecular weight excluding hydrogens is 231 g/mol. The predicted octanol–water partition coefficient (Wildman–Crippen LogP) is 2.27. The van der Waals surface area contributed by atoms with Gasteiger partial charge in [-0.2, -0.15) is 0 Å². The van der Waals surface area contributed by atoms with E-state index in [1.54, 1.807) is 12.3 Å². The van der Waals surface area contributed by atoms with Crippen LogP contribution in [-0.4, -0.2) is 21.3 Å². The maximum atomic E-state index is 13.1. The van der Waals surface area contributed by atoms with Gasteiger partial charge >= 0.3 is 0 Å². The van der Waals surface area contributed by atoms with E-state index in [2.05, 4.69) is 4.98 Å². The normalized spacial score (nSPS) is 12.6. The third kappa shape index (κ3) is 2.96. The first-order valence-electron chi connectivity index (χ1n) is 6.03. The lowest BCUT2D eigenvalue weighted by molar-refractivity contribution is 0.258. The second-order valence-electron chi connectivity index (χ2n) is 4.43. The van der Waals surface area contributed by atoms with Crippen molar-refractivity contribution in [3.8, 4) is 0 Å². The highest BCUT2D eigenvalue weighted by molar-refractivity contribution is 5.21. The minimum atomic E-state index is -0.261. The highest BCUT2D eigenvalue weighted by atomic mass is 19.1. The number of aromatic nitrogens is 2. The van der Waals surface area contributed by atoms with E-state index >= 15 is 0 Å². The molecule has 1 N–H and O–H groups in total. The number of aryl methyl sites for hydroxylation is 2. The van der Waals surface area contributed by atoms with Gasteiger partial charge in [0.2, 0.25) is 0 Å². The molecule has 0 aliphatic rings. The molecule has 0 saturated carbocycles. The molecule has 0 fully saturated rings. The van der Waals surface area contributed by atoms with E-state index in [0.29, 0.717) is 0 Å². The molecule has 18 heavy (non-hydrogen) atoms. The van der Waals surface area contributed by atoms with Crippen LogP contribution < -0.4 is 0 Å². The van der Waals surface area contributed by atoms with Gasteiger partial charge in [-0.1, -0.05) is 12.1 Å². The number of aliphatic hydroxyl groups excluding tert-OH is 1. The molecule has 0 aliphatic heterocycles. The Labute approximate surface area is 106 Å². The second-order valence-corrected chi connectivity index (χ2v) is 4.43. The van der Waals surface area contributed by atoms with Gasteiger partial charge in [0, 0.05) is 38.4 Å². The summed E-state index contributed by atoms with van der Waals surface area (Å²) in [6.45, 7) is 0.0217. The first kappa shape index (κ1) is 12.8. The van der Waals surface area contributed by atoms with Crippen molar-refractivity contribution in [3.05, 3.63) is 53.9 Å². The van der Waals surface area contributed by atoms with Gasteiger partial charge in [-0.25, -0.2) is 9.37 Å². The fraction of sp³-hybridized carbons (Fsp3) is 0.357. The van der Waals surface area contributed by atoms with Gasteiger partial charge in [-0.3, -0.25) is 0 Å². The van der Waals surface area contributed by atoms with Gasteiger partial charge in [0.15, 0.2) is 0 Å². The quantitative estimate of drug-likeness (QED) is 0.881. The number of aliphatic hydroxyl groups is 1. The first-order valence-corrected chi connectivity index (χ1v) is 6.03. The van der Waals surface area contributed by atoms with Gasteiger partial charge in [0.1, 0.15) is 11.6 Å². The van der Waals surface area contributed by atoms with Crippen molar-refractivity contribution in [1.29, 1.82) is 0 Å². The van der Waals surface area contributed by atoms with E-state index in [-0.39, 0.29) is 18.3 Å². The number of halogens is 1. The summed E-state index contributed by atoms with van der Waals surface area (Å²) in [5.74, 6) is 0.671. The highest BCUT2D eigenvalue weighted by Gasteiger charge is 2.12. The van der Waals surface area contributed by atoms with Gasteiger partial charge in [-0.15, -0.1) is 0 Å². The topological polar surface area (TPSA) is 38.0 Å². The molecule has 4 heteroatoms. The minimum Gasteiger partial charge on any atom is -0.396 e. The third-order valence-corrected chi connectivity index (χ3v) is 3.18. The molecule has 1 heterocycles. The first-order chi connectivity index (χ1) is 8.70. The van der Waals surface area contributed by atoms with Crippen LogP contribution in [0.15, 0.2) is 36.7 Å². The summed E-state index contributed by atoms with van der Waals surface area (Å²) in [4.78, 5) is 4.24. The van der Waals surface area contributed by atoms with Crippen LogP contribution in [0.4, 0.5) is 4.39 Å². The zero-order valence-electron chi connectivity index (χ0n) is 10.4. The number of imidazole rings is 1. The van der Waals surface area contributed by atoms with Crippen molar-refractivity contribution >= 4 is 0 Å². The Bertz CT molecular complexity index is 510. The van der Waals surface area contributed by atoms with E-state index in [1.165, 1.54) is 12.1 Å². The van der Waals surface area contributed by atoms with Crippen LogP contribution in [-0.2, 0) is 13.5 Å². The summed E-state index contributed by atoms with van der Waals surface area (Å²) in [5, 5.41) is 9.42. The maximum absolute atomic E-state index is 13.1.